The molecule has 5 heteroatoms. The molecular weight excluding hydrogens is 282 g/mol. The number of aromatic carboxylic acids is 1. The van der Waals surface area contributed by atoms with Gasteiger partial charge in [0.2, 0.25) is 11.8 Å². The summed E-state index contributed by atoms with van der Waals surface area (Å²) >= 11 is 0. The van der Waals surface area contributed by atoms with Crippen LogP contribution >= 0.6 is 0 Å². The number of allylic oxidation sites excluding steroid dienone is 2. The largest absolute Gasteiger partial charge is 0.545 e. The van der Waals surface area contributed by atoms with Crippen molar-refractivity contribution in [3.05, 3.63) is 41.0 Å². The van der Waals surface area contributed by atoms with Crippen LogP contribution in [0.5, 0.6) is 0 Å². The maximum absolute atomic E-state index is 12.6. The van der Waals surface area contributed by atoms with Crippen molar-refractivity contribution in [1.29, 1.82) is 0 Å². The molecule has 1 aliphatic carbocycles. The molecular formula is C17H16NO4-. The van der Waals surface area contributed by atoms with E-state index in [1.807, 2.05) is 13.8 Å². The van der Waals surface area contributed by atoms with E-state index in [0.717, 1.165) is 16.0 Å². The van der Waals surface area contributed by atoms with Gasteiger partial charge in [0, 0.05) is 0 Å². The first kappa shape index (κ1) is 14.5. The molecule has 5 nitrogen and oxygen atoms in total. The highest BCUT2D eigenvalue weighted by atomic mass is 16.4. The van der Waals surface area contributed by atoms with E-state index in [1.165, 1.54) is 18.2 Å². The number of fused-ring (bicyclic) bond motifs is 1. The predicted molar refractivity (Wildman–Crippen MR) is 77.9 cm³/mol. The van der Waals surface area contributed by atoms with Crippen molar-refractivity contribution in [3.63, 3.8) is 0 Å². The Bertz CT molecular complexity index is 687. The molecule has 2 amide bonds. The van der Waals surface area contributed by atoms with Gasteiger partial charge in [0.1, 0.15) is 0 Å². The van der Waals surface area contributed by atoms with Crippen LogP contribution in [0, 0.1) is 11.8 Å². The summed E-state index contributed by atoms with van der Waals surface area (Å²) in [5, 5.41) is 11.0. The monoisotopic (exact) mass is 298 g/mol. The van der Waals surface area contributed by atoms with Crippen LogP contribution in [-0.4, -0.2) is 17.8 Å². The molecule has 0 radical (unpaired) electrons. The van der Waals surface area contributed by atoms with Crippen LogP contribution in [0.15, 0.2) is 35.4 Å². The summed E-state index contributed by atoms with van der Waals surface area (Å²) in [6.07, 6.45) is 1.19. The molecule has 1 heterocycles. The normalized spacial score (nSPS) is 24.7. The fourth-order valence-corrected chi connectivity index (χ4v) is 3.28. The molecule has 114 valence electrons. The molecule has 3 rings (SSSR count). The first-order valence-electron chi connectivity index (χ1n) is 7.24. The summed E-state index contributed by atoms with van der Waals surface area (Å²) in [7, 11) is 0. The molecule has 22 heavy (non-hydrogen) atoms. The lowest BCUT2D eigenvalue weighted by Crippen LogP contribution is -2.31. The minimum atomic E-state index is -1.33. The van der Waals surface area contributed by atoms with E-state index in [2.05, 4.69) is 0 Å². The third-order valence-electron chi connectivity index (χ3n) is 4.68. The SMILES string of the molecule is CC1=C(C)C[C@H]2C(=O)N(c3cccc(C(=O)[O-])c3)C(=O)[C@@H]2C1. The zero-order valence-electron chi connectivity index (χ0n) is 12.5. The smallest absolute Gasteiger partial charge is 0.238 e. The van der Waals surface area contributed by atoms with Crippen LogP contribution in [0.25, 0.3) is 0 Å². The summed E-state index contributed by atoms with van der Waals surface area (Å²) in [4.78, 5) is 37.3. The van der Waals surface area contributed by atoms with E-state index in [1.54, 1.807) is 6.07 Å². The van der Waals surface area contributed by atoms with Gasteiger partial charge >= 0.3 is 0 Å². The Labute approximate surface area is 128 Å². The second-order valence-corrected chi connectivity index (χ2v) is 6.03. The Morgan fingerprint density at radius 2 is 1.64 bits per heavy atom. The summed E-state index contributed by atoms with van der Waals surface area (Å²) < 4.78 is 0. The topological polar surface area (TPSA) is 77.5 Å². The van der Waals surface area contributed by atoms with Crippen molar-refractivity contribution in [2.24, 2.45) is 11.8 Å². The molecule has 0 N–H and O–H groups in total. The van der Waals surface area contributed by atoms with Crippen LogP contribution in [0.1, 0.15) is 37.0 Å². The van der Waals surface area contributed by atoms with E-state index in [4.69, 9.17) is 0 Å². The highest BCUT2D eigenvalue weighted by Crippen LogP contribution is 2.42. The third-order valence-corrected chi connectivity index (χ3v) is 4.68. The highest BCUT2D eigenvalue weighted by molar-refractivity contribution is 6.22. The Morgan fingerprint density at radius 1 is 1.09 bits per heavy atom. The molecule has 1 fully saturated rings. The second kappa shape index (κ2) is 5.09. The lowest BCUT2D eigenvalue weighted by atomic mass is 9.78. The predicted octanol–water partition coefficient (Wildman–Crippen LogP) is 1.29. The number of nitrogens with zero attached hydrogens (tertiary/aromatic N) is 1. The highest BCUT2D eigenvalue weighted by Gasteiger charge is 2.49. The van der Waals surface area contributed by atoms with Gasteiger partial charge in [0.05, 0.1) is 23.5 Å². The standard InChI is InChI=1S/C17H17NO4/c1-9-6-13-14(7-10(9)2)16(20)18(15(13)19)12-5-3-4-11(8-12)17(21)22/h3-5,8,13-14H,6-7H2,1-2H3,(H,21,22)/p-1/t13-,14-/m1/s1. The zero-order valence-corrected chi connectivity index (χ0v) is 12.5. The van der Waals surface area contributed by atoms with Crippen LogP contribution in [0.4, 0.5) is 5.69 Å². The average molecular weight is 298 g/mol. The molecule has 0 aromatic heterocycles. The minimum Gasteiger partial charge on any atom is -0.545 e. The first-order valence-corrected chi connectivity index (χ1v) is 7.24. The van der Waals surface area contributed by atoms with Crippen molar-refractivity contribution in [2.45, 2.75) is 26.7 Å². The molecule has 2 aliphatic rings. The number of anilines is 1. The van der Waals surface area contributed by atoms with Gasteiger partial charge in [0.25, 0.3) is 0 Å². The Balaban J connectivity index is 1.97. The number of benzene rings is 1. The lowest BCUT2D eigenvalue weighted by molar-refractivity contribution is -0.255. The fourth-order valence-electron chi connectivity index (χ4n) is 3.28. The summed E-state index contributed by atoms with van der Waals surface area (Å²) in [5.41, 5.74) is 2.58. The van der Waals surface area contributed by atoms with Gasteiger partial charge in [0.15, 0.2) is 0 Å². The Kier molecular flexibility index (Phi) is 3.35. The number of hydrogen-bond acceptors (Lipinski definition) is 4. The molecule has 1 saturated heterocycles. The Hall–Kier alpha value is -2.43. The van der Waals surface area contributed by atoms with E-state index < -0.39 is 5.97 Å². The van der Waals surface area contributed by atoms with Crippen LogP contribution < -0.4 is 10.0 Å². The van der Waals surface area contributed by atoms with Crippen molar-refractivity contribution in [2.75, 3.05) is 4.90 Å². The molecule has 0 saturated carbocycles. The first-order chi connectivity index (χ1) is 10.4. The lowest BCUT2D eigenvalue weighted by Gasteiger charge is -2.23. The van der Waals surface area contributed by atoms with Gasteiger partial charge in [-0.2, -0.15) is 0 Å². The number of imide groups is 1. The molecule has 0 bridgehead atoms. The molecule has 1 aromatic rings. The summed E-state index contributed by atoms with van der Waals surface area (Å²) in [6, 6.07) is 5.78. The molecule has 1 aliphatic heterocycles. The quantitative estimate of drug-likeness (QED) is 0.609. The maximum Gasteiger partial charge on any atom is 0.238 e. The van der Waals surface area contributed by atoms with E-state index in [0.29, 0.717) is 18.5 Å². The van der Waals surface area contributed by atoms with Gasteiger partial charge < -0.3 is 9.90 Å². The number of carboxylic acid groups (broad SMARTS) is 1. The number of carboxylic acids is 1. The van der Waals surface area contributed by atoms with Crippen molar-refractivity contribution >= 4 is 23.5 Å². The molecule has 2 atom stereocenters. The molecule has 0 spiro atoms. The van der Waals surface area contributed by atoms with Crippen LogP contribution in [-0.2, 0) is 9.59 Å². The number of rotatable bonds is 2. The number of carbonyl (C=O) groups excluding carboxylic acids is 3. The van der Waals surface area contributed by atoms with E-state index in [9.17, 15) is 19.5 Å². The fraction of sp³-hybridized carbons (Fsp3) is 0.353. The van der Waals surface area contributed by atoms with Crippen molar-refractivity contribution in [1.82, 2.24) is 0 Å². The second-order valence-electron chi connectivity index (χ2n) is 6.03. The average Bonchev–Trinajstić information content (AvgIpc) is 2.71. The van der Waals surface area contributed by atoms with Crippen molar-refractivity contribution in [3.8, 4) is 0 Å². The van der Waals surface area contributed by atoms with Gasteiger partial charge in [-0.3, -0.25) is 14.5 Å². The van der Waals surface area contributed by atoms with Crippen LogP contribution in [0.3, 0.4) is 0 Å². The number of carbonyl (C=O) groups is 3. The third kappa shape index (κ3) is 2.13. The van der Waals surface area contributed by atoms with Crippen LogP contribution in [0.2, 0.25) is 0 Å². The van der Waals surface area contributed by atoms with Crippen molar-refractivity contribution < 1.29 is 19.5 Å². The number of hydrogen-bond donors (Lipinski definition) is 0. The summed E-state index contributed by atoms with van der Waals surface area (Å²) in [5.74, 6) is -2.47. The van der Waals surface area contributed by atoms with Gasteiger partial charge in [-0.1, -0.05) is 23.3 Å². The minimum absolute atomic E-state index is 0.0431. The zero-order chi connectivity index (χ0) is 16.0. The van der Waals surface area contributed by atoms with Gasteiger partial charge in [-0.15, -0.1) is 0 Å². The maximum atomic E-state index is 12.6. The van der Waals surface area contributed by atoms with Gasteiger partial charge in [-0.25, -0.2) is 0 Å². The molecule has 0 unspecified atom stereocenters. The Morgan fingerprint density at radius 3 is 2.14 bits per heavy atom. The van der Waals surface area contributed by atoms with E-state index >= 15 is 0 Å². The summed E-state index contributed by atoms with van der Waals surface area (Å²) in [6.45, 7) is 3.98. The molecule has 1 aromatic carbocycles. The van der Waals surface area contributed by atoms with Gasteiger partial charge in [-0.05, 0) is 44.4 Å². The van der Waals surface area contributed by atoms with E-state index in [-0.39, 0.29) is 29.2 Å². The number of amides is 2.